The van der Waals surface area contributed by atoms with Crippen LogP contribution in [0.1, 0.15) is 39.4 Å². The predicted octanol–water partition coefficient (Wildman–Crippen LogP) is 3.02. The standard InChI is InChI=1S/C21H27N11OS/c1-5-22-18-26-19(23-6-2)32-20(27-18)30-31-21(32)34-11-15(33)24-14-10-8-7-9-13(14)17-25-16(12(3)4)28-29-17/h7-10,12H,5-6,11H2,1-4H3,(H,24,33)(H,25,28,29)(H2,22,23,26,27,30). The SMILES string of the molecule is CCNc1nc(NCC)n2c(SCC(=O)Nc3ccccc3-c3n[nH]c(C(C)C)n3)nnc2n1. The van der Waals surface area contributed by atoms with E-state index in [1.54, 1.807) is 4.40 Å². The lowest BCUT2D eigenvalue weighted by molar-refractivity contribution is -0.113. The molecule has 0 aliphatic rings. The number of anilines is 3. The van der Waals surface area contributed by atoms with Gasteiger partial charge in [0, 0.05) is 24.6 Å². The molecule has 0 atom stereocenters. The van der Waals surface area contributed by atoms with Crippen LogP contribution in [-0.4, -0.2) is 64.5 Å². The lowest BCUT2D eigenvalue weighted by atomic mass is 10.1. The fourth-order valence-corrected chi connectivity index (χ4v) is 3.88. The maximum atomic E-state index is 12.8. The van der Waals surface area contributed by atoms with Gasteiger partial charge in [-0.05, 0) is 26.0 Å². The Labute approximate surface area is 200 Å². The second-order valence-corrected chi connectivity index (χ2v) is 8.57. The number of hydrogen-bond donors (Lipinski definition) is 4. The Kier molecular flexibility index (Phi) is 7.21. The van der Waals surface area contributed by atoms with Crippen molar-refractivity contribution in [1.82, 2.24) is 39.7 Å². The zero-order valence-corrected chi connectivity index (χ0v) is 20.3. The Morgan fingerprint density at radius 2 is 1.88 bits per heavy atom. The van der Waals surface area contributed by atoms with Crippen LogP contribution in [0.25, 0.3) is 17.2 Å². The number of hydrogen-bond acceptors (Lipinski definition) is 10. The van der Waals surface area contributed by atoms with Gasteiger partial charge in [0.15, 0.2) is 11.0 Å². The Hall–Kier alpha value is -3.74. The average Bonchev–Trinajstić information content (AvgIpc) is 3.46. The number of H-pyrrole nitrogens is 1. The van der Waals surface area contributed by atoms with Crippen molar-refractivity contribution in [2.24, 2.45) is 0 Å². The molecule has 0 radical (unpaired) electrons. The van der Waals surface area contributed by atoms with Crippen LogP contribution in [0.5, 0.6) is 0 Å². The van der Waals surface area contributed by atoms with Crippen LogP contribution in [0.4, 0.5) is 17.6 Å². The van der Waals surface area contributed by atoms with Crippen molar-refractivity contribution in [3.63, 3.8) is 0 Å². The minimum absolute atomic E-state index is 0.126. The molecule has 0 aliphatic carbocycles. The van der Waals surface area contributed by atoms with Crippen LogP contribution in [0, 0.1) is 0 Å². The third kappa shape index (κ3) is 5.09. The van der Waals surface area contributed by atoms with Gasteiger partial charge in [0.25, 0.3) is 5.78 Å². The van der Waals surface area contributed by atoms with Gasteiger partial charge in [0.1, 0.15) is 5.82 Å². The summed E-state index contributed by atoms with van der Waals surface area (Å²) < 4.78 is 1.71. The zero-order valence-electron chi connectivity index (χ0n) is 19.5. The number of fused-ring (bicyclic) bond motifs is 1. The molecule has 4 N–H and O–H groups in total. The number of thioether (sulfide) groups is 1. The highest BCUT2D eigenvalue weighted by Gasteiger charge is 2.17. The van der Waals surface area contributed by atoms with Gasteiger partial charge in [-0.2, -0.15) is 15.1 Å². The van der Waals surface area contributed by atoms with Crippen molar-refractivity contribution < 1.29 is 4.79 Å². The lowest BCUT2D eigenvalue weighted by Crippen LogP contribution is -2.15. The van der Waals surface area contributed by atoms with Crippen LogP contribution >= 0.6 is 11.8 Å². The van der Waals surface area contributed by atoms with Crippen LogP contribution in [0.15, 0.2) is 29.4 Å². The molecule has 0 spiro atoms. The van der Waals surface area contributed by atoms with E-state index in [0.29, 0.717) is 47.4 Å². The number of aromatic amines is 1. The van der Waals surface area contributed by atoms with Crippen LogP contribution in [0.2, 0.25) is 0 Å². The number of para-hydroxylation sites is 1. The molecule has 3 heterocycles. The van der Waals surface area contributed by atoms with Crippen LogP contribution in [-0.2, 0) is 4.79 Å². The molecule has 34 heavy (non-hydrogen) atoms. The summed E-state index contributed by atoms with van der Waals surface area (Å²) in [6.07, 6.45) is 0. The molecule has 3 aromatic heterocycles. The third-order valence-corrected chi connectivity index (χ3v) is 5.67. The maximum absolute atomic E-state index is 12.8. The van der Waals surface area contributed by atoms with E-state index in [2.05, 4.69) is 51.3 Å². The summed E-state index contributed by atoms with van der Waals surface area (Å²) in [4.78, 5) is 26.2. The Morgan fingerprint density at radius 1 is 1.09 bits per heavy atom. The number of amides is 1. The van der Waals surface area contributed by atoms with Gasteiger partial charge in [-0.15, -0.1) is 10.2 Å². The van der Waals surface area contributed by atoms with Crippen molar-refractivity contribution >= 4 is 41.0 Å². The molecule has 0 aliphatic heterocycles. The summed E-state index contributed by atoms with van der Waals surface area (Å²) in [6, 6.07) is 7.45. The van der Waals surface area contributed by atoms with Crippen LogP contribution in [0.3, 0.4) is 0 Å². The third-order valence-electron chi connectivity index (χ3n) is 4.74. The van der Waals surface area contributed by atoms with Crippen molar-refractivity contribution in [3.8, 4) is 11.4 Å². The summed E-state index contributed by atoms with van der Waals surface area (Å²) in [5.74, 6) is 2.93. The highest BCUT2D eigenvalue weighted by Crippen LogP contribution is 2.27. The minimum Gasteiger partial charge on any atom is -0.355 e. The molecular weight excluding hydrogens is 454 g/mol. The molecule has 178 valence electrons. The van der Waals surface area contributed by atoms with Crippen molar-refractivity contribution in [2.75, 3.05) is 34.8 Å². The van der Waals surface area contributed by atoms with E-state index in [1.807, 2.05) is 52.0 Å². The minimum atomic E-state index is -0.191. The molecular formula is C21H27N11OS. The number of rotatable bonds is 10. The Morgan fingerprint density at radius 3 is 2.62 bits per heavy atom. The molecule has 0 saturated heterocycles. The summed E-state index contributed by atoms with van der Waals surface area (Å²) in [5, 5.41) is 25.4. The highest BCUT2D eigenvalue weighted by atomic mass is 32.2. The van der Waals surface area contributed by atoms with Crippen LogP contribution < -0.4 is 16.0 Å². The number of carbonyl (C=O) groups excluding carboxylic acids is 1. The van der Waals surface area contributed by atoms with Gasteiger partial charge in [-0.3, -0.25) is 9.89 Å². The summed E-state index contributed by atoms with van der Waals surface area (Å²) in [6.45, 7) is 9.37. The number of aromatic nitrogens is 8. The monoisotopic (exact) mass is 481 g/mol. The van der Waals surface area contributed by atoms with E-state index in [1.165, 1.54) is 11.8 Å². The van der Waals surface area contributed by atoms with Gasteiger partial charge >= 0.3 is 0 Å². The zero-order chi connectivity index (χ0) is 24.1. The molecule has 0 fully saturated rings. The molecule has 12 nitrogen and oxygen atoms in total. The first-order valence-electron chi connectivity index (χ1n) is 11.0. The van der Waals surface area contributed by atoms with Crippen molar-refractivity contribution in [2.45, 2.75) is 38.8 Å². The first kappa shape index (κ1) is 23.4. The summed E-state index contributed by atoms with van der Waals surface area (Å²) in [7, 11) is 0. The normalized spacial score (nSPS) is 11.2. The quantitative estimate of drug-likeness (QED) is 0.249. The van der Waals surface area contributed by atoms with E-state index in [9.17, 15) is 4.79 Å². The lowest BCUT2D eigenvalue weighted by Gasteiger charge is -2.10. The van der Waals surface area contributed by atoms with Gasteiger partial charge < -0.3 is 16.0 Å². The predicted molar refractivity (Wildman–Crippen MR) is 132 cm³/mol. The second-order valence-electron chi connectivity index (χ2n) is 7.63. The molecule has 0 saturated carbocycles. The fraction of sp³-hybridized carbons (Fsp3) is 0.381. The summed E-state index contributed by atoms with van der Waals surface area (Å²) >= 11 is 1.25. The van der Waals surface area contributed by atoms with E-state index in [0.717, 1.165) is 11.4 Å². The smallest absolute Gasteiger partial charge is 0.261 e. The van der Waals surface area contributed by atoms with Crippen molar-refractivity contribution in [3.05, 3.63) is 30.1 Å². The van der Waals surface area contributed by atoms with E-state index in [4.69, 9.17) is 0 Å². The molecule has 4 aromatic rings. The van der Waals surface area contributed by atoms with E-state index in [-0.39, 0.29) is 17.6 Å². The molecule has 4 rings (SSSR count). The first-order chi connectivity index (χ1) is 16.5. The second kappa shape index (κ2) is 10.5. The Balaban J connectivity index is 1.50. The van der Waals surface area contributed by atoms with Gasteiger partial charge in [0.2, 0.25) is 17.8 Å². The average molecular weight is 482 g/mol. The van der Waals surface area contributed by atoms with Crippen molar-refractivity contribution in [1.29, 1.82) is 0 Å². The fourth-order valence-electron chi connectivity index (χ4n) is 3.15. The van der Waals surface area contributed by atoms with Gasteiger partial charge in [-0.25, -0.2) is 9.38 Å². The first-order valence-corrected chi connectivity index (χ1v) is 12.0. The topological polar surface area (TPSA) is 151 Å². The highest BCUT2D eigenvalue weighted by molar-refractivity contribution is 7.99. The molecule has 0 unspecified atom stereocenters. The number of nitrogens with one attached hydrogen (secondary N) is 4. The molecule has 1 amide bonds. The molecule has 13 heteroatoms. The van der Waals surface area contributed by atoms with Gasteiger partial charge in [-0.1, -0.05) is 37.7 Å². The molecule has 1 aromatic carbocycles. The maximum Gasteiger partial charge on any atom is 0.261 e. The Bertz CT molecular complexity index is 1280. The molecule has 0 bridgehead atoms. The van der Waals surface area contributed by atoms with Gasteiger partial charge in [0.05, 0.1) is 11.4 Å². The number of carbonyl (C=O) groups is 1. The summed E-state index contributed by atoms with van der Waals surface area (Å²) in [5.41, 5.74) is 1.39. The van der Waals surface area contributed by atoms with E-state index >= 15 is 0 Å². The number of benzene rings is 1. The number of nitrogens with zero attached hydrogens (tertiary/aromatic N) is 7. The largest absolute Gasteiger partial charge is 0.355 e. The van der Waals surface area contributed by atoms with E-state index < -0.39 is 0 Å².